The van der Waals surface area contributed by atoms with Gasteiger partial charge >= 0.3 is 6.09 Å². The Labute approximate surface area is 189 Å². The first kappa shape index (κ1) is 21.6. The minimum absolute atomic E-state index is 0.238. The van der Waals surface area contributed by atoms with Crippen LogP contribution < -0.4 is 16.4 Å². The zero-order chi connectivity index (χ0) is 22.5. The van der Waals surface area contributed by atoms with E-state index in [1.165, 1.54) is 17.4 Å². The number of alkyl carbamates (subject to hydrolysis) is 1. The highest BCUT2D eigenvalue weighted by molar-refractivity contribution is 7.17. The molecule has 1 atom stereocenters. The number of carbonyl (C=O) groups is 2. The number of nitrogens with one attached hydrogen (secondary N) is 2. The van der Waals surface area contributed by atoms with E-state index >= 15 is 0 Å². The highest BCUT2D eigenvalue weighted by Gasteiger charge is 2.27. The molecule has 3 heterocycles. The summed E-state index contributed by atoms with van der Waals surface area (Å²) in [5, 5.41) is 6.20. The van der Waals surface area contributed by atoms with Gasteiger partial charge < -0.3 is 25.7 Å². The molecular weight excluding hydrogens is 428 g/mol. The topological polar surface area (TPSA) is 124 Å². The third-order valence-corrected chi connectivity index (χ3v) is 6.24. The lowest BCUT2D eigenvalue weighted by atomic mass is 9.95. The average molecular weight is 453 g/mol. The number of anilines is 2. The number of carbonyl (C=O) groups excluding carboxylic acids is 2. The van der Waals surface area contributed by atoms with E-state index in [-0.39, 0.29) is 12.0 Å². The molecular formula is C22H24N6O3S. The summed E-state index contributed by atoms with van der Waals surface area (Å²) in [5.74, 6) is -0.263. The second-order valence-corrected chi connectivity index (χ2v) is 8.61. The number of fused-ring (bicyclic) bond motifs is 1. The van der Waals surface area contributed by atoms with E-state index in [1.54, 1.807) is 30.9 Å². The van der Waals surface area contributed by atoms with E-state index in [0.717, 1.165) is 21.7 Å². The van der Waals surface area contributed by atoms with Crippen molar-refractivity contribution in [3.63, 3.8) is 0 Å². The van der Waals surface area contributed by atoms with E-state index in [0.29, 0.717) is 36.5 Å². The van der Waals surface area contributed by atoms with Gasteiger partial charge in [0.15, 0.2) is 0 Å². The zero-order valence-corrected chi connectivity index (χ0v) is 18.4. The summed E-state index contributed by atoms with van der Waals surface area (Å²) in [6.45, 7) is 0.312. The molecule has 0 saturated heterocycles. The summed E-state index contributed by atoms with van der Waals surface area (Å²) < 4.78 is 7.39. The van der Waals surface area contributed by atoms with E-state index in [4.69, 9.17) is 10.5 Å². The Morgan fingerprint density at radius 2 is 2.31 bits per heavy atom. The number of nitrogen functional groups attached to an aromatic ring is 1. The molecule has 32 heavy (non-hydrogen) atoms. The maximum absolute atomic E-state index is 12.3. The highest BCUT2D eigenvalue weighted by Crippen LogP contribution is 2.40. The fourth-order valence-corrected chi connectivity index (χ4v) is 4.72. The Bertz CT molecular complexity index is 1140. The van der Waals surface area contributed by atoms with Crippen molar-refractivity contribution in [1.82, 2.24) is 19.9 Å². The minimum atomic E-state index is -0.470. The van der Waals surface area contributed by atoms with Crippen LogP contribution in [0.4, 0.5) is 15.5 Å². The van der Waals surface area contributed by atoms with Crippen LogP contribution in [0.2, 0.25) is 0 Å². The molecule has 1 aliphatic carbocycles. The number of pyridine rings is 1. The number of aromatic nitrogens is 3. The monoisotopic (exact) mass is 452 g/mol. The maximum atomic E-state index is 12.3. The van der Waals surface area contributed by atoms with Crippen LogP contribution in [0.5, 0.6) is 0 Å². The molecule has 0 aliphatic heterocycles. The molecule has 3 aromatic heterocycles. The van der Waals surface area contributed by atoms with Crippen LogP contribution in [0.15, 0.2) is 43.1 Å². The number of amides is 2. The molecule has 0 bridgehead atoms. The quantitative estimate of drug-likeness (QED) is 0.494. The summed E-state index contributed by atoms with van der Waals surface area (Å²) in [7, 11) is 1.87. The average Bonchev–Trinajstić information content (AvgIpc) is 3.34. The molecule has 0 radical (unpaired) electrons. The van der Waals surface area contributed by atoms with Crippen molar-refractivity contribution in [2.75, 3.05) is 11.1 Å². The van der Waals surface area contributed by atoms with Gasteiger partial charge in [-0.1, -0.05) is 6.07 Å². The van der Waals surface area contributed by atoms with Crippen LogP contribution in [0.1, 0.15) is 28.1 Å². The maximum Gasteiger partial charge on any atom is 0.407 e. The van der Waals surface area contributed by atoms with Crippen molar-refractivity contribution in [3.05, 3.63) is 64.8 Å². The zero-order valence-electron chi connectivity index (χ0n) is 17.6. The van der Waals surface area contributed by atoms with Gasteiger partial charge in [0.1, 0.15) is 11.1 Å². The largest absolute Gasteiger partial charge is 0.446 e. The van der Waals surface area contributed by atoms with E-state index in [2.05, 4.69) is 20.6 Å². The lowest BCUT2D eigenvalue weighted by molar-refractivity contribution is -0.111. The summed E-state index contributed by atoms with van der Waals surface area (Å²) in [6.07, 6.45) is 11.2. The van der Waals surface area contributed by atoms with Gasteiger partial charge in [-0.05, 0) is 36.1 Å². The highest BCUT2D eigenvalue weighted by atomic mass is 32.1. The lowest BCUT2D eigenvalue weighted by Crippen LogP contribution is -2.31. The molecule has 3 aromatic rings. The Hall–Kier alpha value is -3.66. The molecule has 0 saturated carbocycles. The third-order valence-electron chi connectivity index (χ3n) is 5.06. The first-order valence-electron chi connectivity index (χ1n) is 10.2. The summed E-state index contributed by atoms with van der Waals surface area (Å²) >= 11 is 1.43. The number of rotatable bonds is 6. The number of ether oxygens (including phenoxy) is 1. The normalized spacial score (nSPS) is 15.3. The van der Waals surface area contributed by atoms with Crippen LogP contribution >= 0.6 is 11.3 Å². The fraction of sp³-hybridized carbons (Fsp3) is 0.273. The first-order valence-corrected chi connectivity index (χ1v) is 11.0. The molecule has 4 rings (SSSR count). The van der Waals surface area contributed by atoms with Crippen molar-refractivity contribution in [1.29, 1.82) is 0 Å². The molecule has 9 nitrogen and oxygen atoms in total. The summed E-state index contributed by atoms with van der Waals surface area (Å²) in [5.41, 5.74) is 9.48. The van der Waals surface area contributed by atoms with Crippen LogP contribution in [-0.2, 0) is 36.0 Å². The number of nitrogens with zero attached hydrogens (tertiary/aromatic N) is 3. The molecule has 1 aliphatic rings. The Morgan fingerprint density at radius 1 is 1.44 bits per heavy atom. The second-order valence-electron chi connectivity index (χ2n) is 7.51. The van der Waals surface area contributed by atoms with Crippen molar-refractivity contribution in [2.45, 2.75) is 31.9 Å². The van der Waals surface area contributed by atoms with Gasteiger partial charge in [0.25, 0.3) is 0 Å². The number of thiophene rings is 1. The van der Waals surface area contributed by atoms with E-state index < -0.39 is 6.09 Å². The number of aryl methyl sites for hydroxylation is 1. The van der Waals surface area contributed by atoms with Crippen LogP contribution in [0, 0.1) is 0 Å². The summed E-state index contributed by atoms with van der Waals surface area (Å²) in [6, 6.07) is 3.67. The van der Waals surface area contributed by atoms with Crippen molar-refractivity contribution in [3.8, 4) is 0 Å². The van der Waals surface area contributed by atoms with Crippen LogP contribution in [0.25, 0.3) is 6.08 Å². The number of hydrogen-bond acceptors (Lipinski definition) is 7. The van der Waals surface area contributed by atoms with Gasteiger partial charge in [-0.15, -0.1) is 11.3 Å². The number of hydrogen-bond donors (Lipinski definition) is 3. The first-order chi connectivity index (χ1) is 15.5. The summed E-state index contributed by atoms with van der Waals surface area (Å²) in [4.78, 5) is 33.7. The molecule has 166 valence electrons. The number of nitrogens with two attached hydrogens (primary N) is 1. The lowest BCUT2D eigenvalue weighted by Gasteiger charge is -2.22. The Balaban J connectivity index is 1.32. The van der Waals surface area contributed by atoms with Crippen molar-refractivity contribution < 1.29 is 14.3 Å². The predicted octanol–water partition coefficient (Wildman–Crippen LogP) is 2.89. The molecule has 0 aromatic carbocycles. The fourth-order valence-electron chi connectivity index (χ4n) is 3.49. The van der Waals surface area contributed by atoms with Crippen LogP contribution in [0.3, 0.4) is 0 Å². The predicted molar refractivity (Wildman–Crippen MR) is 123 cm³/mol. The van der Waals surface area contributed by atoms with E-state index in [1.807, 2.05) is 23.9 Å². The second kappa shape index (κ2) is 9.65. The Morgan fingerprint density at radius 3 is 3.06 bits per heavy atom. The van der Waals surface area contributed by atoms with Gasteiger partial charge in [-0.3, -0.25) is 9.78 Å². The third kappa shape index (κ3) is 5.33. The van der Waals surface area contributed by atoms with Gasteiger partial charge in [0.05, 0.1) is 24.3 Å². The van der Waals surface area contributed by atoms with Crippen molar-refractivity contribution in [2.24, 2.45) is 7.05 Å². The van der Waals surface area contributed by atoms with Gasteiger partial charge in [-0.2, -0.15) is 0 Å². The van der Waals surface area contributed by atoms with Gasteiger partial charge in [0, 0.05) is 43.0 Å². The van der Waals surface area contributed by atoms with Gasteiger partial charge in [0.2, 0.25) is 5.91 Å². The smallest absolute Gasteiger partial charge is 0.407 e. The Kier molecular flexibility index (Phi) is 6.50. The standard InChI is InChI=1S/C22H24N6O3S/c1-28-12-15(26-13-28)11-25-22(30)31-16-5-6-17-18(9-16)32-21(20(17)23)27-19(29)7-4-14-3-2-8-24-10-14/h2-4,7-8,10,12-13,16H,5-6,9,11,23H2,1H3,(H,25,30)(H,27,29)/b7-4+. The molecule has 4 N–H and O–H groups in total. The number of imidazole rings is 1. The van der Waals surface area contributed by atoms with Crippen LogP contribution in [-0.4, -0.2) is 32.6 Å². The molecule has 0 fully saturated rings. The van der Waals surface area contributed by atoms with E-state index in [9.17, 15) is 9.59 Å². The van der Waals surface area contributed by atoms with Gasteiger partial charge in [-0.25, -0.2) is 9.78 Å². The SMILES string of the molecule is Cn1cnc(CNC(=O)OC2CCc3c(sc(NC(=O)/C=C/c4cccnc4)c3N)C2)c1. The van der Waals surface area contributed by atoms with Crippen molar-refractivity contribution >= 4 is 40.1 Å². The minimum Gasteiger partial charge on any atom is -0.446 e. The molecule has 0 spiro atoms. The molecule has 1 unspecified atom stereocenters. The molecule has 10 heteroatoms. The molecule has 2 amide bonds.